The first-order valence-corrected chi connectivity index (χ1v) is 12.2. The maximum absolute atomic E-state index is 12.7. The summed E-state index contributed by atoms with van der Waals surface area (Å²) >= 11 is 8.50. The number of aromatic nitrogens is 1. The number of anilines is 1. The zero-order chi connectivity index (χ0) is 19.9. The Morgan fingerprint density at radius 1 is 1.21 bits per heavy atom. The van der Waals surface area contributed by atoms with Gasteiger partial charge in [0, 0.05) is 24.7 Å². The van der Waals surface area contributed by atoms with Gasteiger partial charge < -0.3 is 5.32 Å². The lowest BCUT2D eigenvalue weighted by Crippen LogP contribution is -2.41. The van der Waals surface area contributed by atoms with E-state index in [2.05, 4.69) is 10.3 Å². The highest BCUT2D eigenvalue weighted by molar-refractivity contribution is 7.91. The molecule has 1 aliphatic heterocycles. The number of benzene rings is 1. The van der Waals surface area contributed by atoms with Crippen LogP contribution in [0.3, 0.4) is 0 Å². The molecule has 28 heavy (non-hydrogen) atoms. The second kappa shape index (κ2) is 7.72. The summed E-state index contributed by atoms with van der Waals surface area (Å²) in [5.41, 5.74) is 1.66. The highest BCUT2D eigenvalue weighted by atomic mass is 35.5. The van der Waals surface area contributed by atoms with Gasteiger partial charge in [0.25, 0.3) is 10.0 Å². The number of rotatable bonds is 4. The summed E-state index contributed by atoms with van der Waals surface area (Å²) in [6.45, 7) is 2.60. The number of hydrogen-bond donors (Lipinski definition) is 1. The van der Waals surface area contributed by atoms with Crippen molar-refractivity contribution >= 4 is 66.1 Å². The van der Waals surface area contributed by atoms with Crippen molar-refractivity contribution in [3.8, 4) is 0 Å². The van der Waals surface area contributed by atoms with Crippen LogP contribution in [0.25, 0.3) is 10.2 Å². The molecule has 1 fully saturated rings. The zero-order valence-electron chi connectivity index (χ0n) is 15.0. The molecule has 3 aromatic rings. The van der Waals surface area contributed by atoms with Crippen LogP contribution >= 0.6 is 34.3 Å². The second-order valence-corrected chi connectivity index (χ2v) is 11.8. The minimum absolute atomic E-state index is 0.0724. The Balaban J connectivity index is 1.39. The van der Waals surface area contributed by atoms with Gasteiger partial charge in [-0.25, -0.2) is 13.4 Å². The molecule has 1 N–H and O–H groups in total. The van der Waals surface area contributed by atoms with Crippen molar-refractivity contribution < 1.29 is 13.2 Å². The Morgan fingerprint density at radius 2 is 1.96 bits per heavy atom. The number of carbonyl (C=O) groups is 1. The molecule has 1 saturated heterocycles. The number of halogens is 1. The van der Waals surface area contributed by atoms with E-state index in [-0.39, 0.29) is 16.0 Å². The number of thiophene rings is 1. The molecule has 0 aliphatic carbocycles. The maximum Gasteiger partial charge on any atom is 0.252 e. The number of thiazole rings is 1. The number of piperidine rings is 1. The molecule has 0 atom stereocenters. The number of carbonyl (C=O) groups excluding carboxylic acids is 1. The average molecular weight is 456 g/mol. The summed E-state index contributed by atoms with van der Waals surface area (Å²) in [6.07, 6.45) is 0.984. The van der Waals surface area contributed by atoms with Gasteiger partial charge >= 0.3 is 0 Å². The fourth-order valence-electron chi connectivity index (χ4n) is 3.28. The minimum atomic E-state index is -3.54. The molecule has 0 radical (unpaired) electrons. The Labute approximate surface area is 176 Å². The third-order valence-corrected chi connectivity index (χ3v) is 9.26. The smallest absolute Gasteiger partial charge is 0.252 e. The van der Waals surface area contributed by atoms with Crippen molar-refractivity contribution in [3.05, 3.63) is 39.7 Å². The van der Waals surface area contributed by atoms with Crippen LogP contribution in [0.1, 0.15) is 17.8 Å². The molecule has 2 aromatic heterocycles. The van der Waals surface area contributed by atoms with Crippen molar-refractivity contribution in [1.82, 2.24) is 9.29 Å². The molecule has 1 aromatic carbocycles. The molecule has 10 heteroatoms. The first-order valence-electron chi connectivity index (χ1n) is 8.76. The van der Waals surface area contributed by atoms with Gasteiger partial charge in [-0.15, -0.1) is 22.7 Å². The number of sulfonamides is 1. The first kappa shape index (κ1) is 19.8. The lowest BCUT2D eigenvalue weighted by Gasteiger charge is -2.30. The van der Waals surface area contributed by atoms with Gasteiger partial charge in [-0.1, -0.05) is 11.6 Å². The van der Waals surface area contributed by atoms with Gasteiger partial charge in [-0.2, -0.15) is 4.31 Å². The van der Waals surface area contributed by atoms with Crippen LogP contribution in [0.15, 0.2) is 34.5 Å². The molecular formula is C18H18ClN3O3S3. The predicted molar refractivity (Wildman–Crippen MR) is 114 cm³/mol. The van der Waals surface area contributed by atoms with Crippen LogP contribution in [-0.2, 0) is 14.8 Å². The SMILES string of the molecule is Cc1nc2ccc(NC(=O)C3CCN(S(=O)(=O)c4ccc(Cl)s4)CC3)cc2s1. The van der Waals surface area contributed by atoms with Gasteiger partial charge in [0.1, 0.15) is 4.21 Å². The molecular weight excluding hydrogens is 438 g/mol. The van der Waals surface area contributed by atoms with Crippen molar-refractivity contribution in [2.75, 3.05) is 18.4 Å². The first-order chi connectivity index (χ1) is 13.3. The average Bonchev–Trinajstić information content (AvgIpc) is 3.26. The van der Waals surface area contributed by atoms with Gasteiger partial charge in [-0.3, -0.25) is 4.79 Å². The molecule has 148 valence electrons. The van der Waals surface area contributed by atoms with Crippen LogP contribution in [0, 0.1) is 12.8 Å². The molecule has 0 saturated carbocycles. The number of hydrogen-bond acceptors (Lipinski definition) is 6. The summed E-state index contributed by atoms with van der Waals surface area (Å²) in [4.78, 5) is 17.0. The number of nitrogens with one attached hydrogen (secondary N) is 1. The van der Waals surface area contributed by atoms with Gasteiger partial charge in [-0.05, 0) is 50.1 Å². The Bertz CT molecular complexity index is 1130. The van der Waals surface area contributed by atoms with E-state index >= 15 is 0 Å². The zero-order valence-corrected chi connectivity index (χ0v) is 18.2. The second-order valence-electron chi connectivity index (χ2n) is 6.64. The molecule has 4 rings (SSSR count). The summed E-state index contributed by atoms with van der Waals surface area (Å²) in [5.74, 6) is -0.283. The lowest BCUT2D eigenvalue weighted by molar-refractivity contribution is -0.120. The van der Waals surface area contributed by atoms with Gasteiger partial charge in [0.05, 0.1) is 19.6 Å². The molecule has 0 unspecified atom stereocenters. The summed E-state index contributed by atoms with van der Waals surface area (Å²) in [7, 11) is -3.54. The summed E-state index contributed by atoms with van der Waals surface area (Å²) in [5, 5.41) is 3.94. The maximum atomic E-state index is 12.7. The normalized spacial score (nSPS) is 16.5. The molecule has 6 nitrogen and oxygen atoms in total. The summed E-state index contributed by atoms with van der Waals surface area (Å²) < 4.78 is 28.5. The fourth-order valence-corrected chi connectivity index (χ4v) is 7.26. The molecule has 1 aliphatic rings. The third-order valence-electron chi connectivity index (χ3n) is 4.73. The highest BCUT2D eigenvalue weighted by Gasteiger charge is 2.33. The van der Waals surface area contributed by atoms with E-state index in [1.165, 1.54) is 10.4 Å². The fraction of sp³-hybridized carbons (Fsp3) is 0.333. The lowest BCUT2D eigenvalue weighted by atomic mass is 9.97. The molecule has 3 heterocycles. The topological polar surface area (TPSA) is 79.4 Å². The highest BCUT2D eigenvalue weighted by Crippen LogP contribution is 2.31. The van der Waals surface area contributed by atoms with E-state index in [9.17, 15) is 13.2 Å². The quantitative estimate of drug-likeness (QED) is 0.633. The van der Waals surface area contributed by atoms with Gasteiger partial charge in [0.15, 0.2) is 0 Å². The number of amides is 1. The van der Waals surface area contributed by atoms with Crippen LogP contribution in [0.4, 0.5) is 5.69 Å². The molecule has 0 spiro atoms. The monoisotopic (exact) mass is 455 g/mol. The van der Waals surface area contributed by atoms with Crippen molar-refractivity contribution in [2.45, 2.75) is 24.0 Å². The van der Waals surface area contributed by atoms with Crippen molar-refractivity contribution in [1.29, 1.82) is 0 Å². The van der Waals surface area contributed by atoms with E-state index in [0.29, 0.717) is 30.3 Å². The van der Waals surface area contributed by atoms with Crippen molar-refractivity contribution in [3.63, 3.8) is 0 Å². The van der Waals surface area contributed by atoms with Crippen LogP contribution < -0.4 is 5.32 Å². The van der Waals surface area contributed by atoms with E-state index in [1.807, 2.05) is 25.1 Å². The predicted octanol–water partition coefficient (Wildman–Crippen LogP) is 4.36. The Hall–Kier alpha value is -1.52. The molecule has 0 bridgehead atoms. The number of nitrogens with zero attached hydrogens (tertiary/aromatic N) is 2. The van der Waals surface area contributed by atoms with Crippen LogP contribution in [0.5, 0.6) is 0 Å². The largest absolute Gasteiger partial charge is 0.326 e. The van der Waals surface area contributed by atoms with Crippen molar-refractivity contribution in [2.24, 2.45) is 5.92 Å². The van der Waals surface area contributed by atoms with Crippen LogP contribution in [0.2, 0.25) is 4.34 Å². The molecule has 1 amide bonds. The standard InChI is InChI=1S/C18H18ClN3O3S3/c1-11-20-14-3-2-13(10-15(14)26-11)21-18(23)12-6-8-22(9-7-12)28(24,25)17-5-4-16(19)27-17/h2-5,10,12H,6-9H2,1H3,(H,21,23). The van der Waals surface area contributed by atoms with Gasteiger partial charge in [0.2, 0.25) is 5.91 Å². The van der Waals surface area contributed by atoms with E-state index in [4.69, 9.17) is 11.6 Å². The van der Waals surface area contributed by atoms with E-state index < -0.39 is 10.0 Å². The Kier molecular flexibility index (Phi) is 5.45. The third kappa shape index (κ3) is 3.95. The summed E-state index contributed by atoms with van der Waals surface area (Å²) in [6, 6.07) is 8.78. The minimum Gasteiger partial charge on any atom is -0.326 e. The number of aryl methyl sites for hydroxylation is 1. The van der Waals surface area contributed by atoms with E-state index in [0.717, 1.165) is 32.2 Å². The van der Waals surface area contributed by atoms with Crippen LogP contribution in [-0.4, -0.2) is 36.7 Å². The van der Waals surface area contributed by atoms with E-state index in [1.54, 1.807) is 17.4 Å². The Morgan fingerprint density at radius 3 is 2.64 bits per heavy atom. The number of fused-ring (bicyclic) bond motifs is 1.